The maximum atomic E-state index is 12.0. The van der Waals surface area contributed by atoms with Gasteiger partial charge in [-0.25, -0.2) is 0 Å². The highest BCUT2D eigenvalue weighted by atomic mass is 35.5. The number of carbonyl (C=O) groups excluding carboxylic acids is 1. The zero-order chi connectivity index (χ0) is 14.8. The second kappa shape index (κ2) is 7.27. The minimum Gasteiger partial charge on any atom is -0.327 e. The lowest BCUT2D eigenvalue weighted by atomic mass is 9.91. The van der Waals surface area contributed by atoms with Gasteiger partial charge in [0.25, 0.3) is 0 Å². The molecule has 1 fully saturated rings. The predicted octanol–water partition coefficient (Wildman–Crippen LogP) is 2.88. The summed E-state index contributed by atoms with van der Waals surface area (Å²) in [7, 11) is 0. The van der Waals surface area contributed by atoms with Gasteiger partial charge in [-0.1, -0.05) is 27.2 Å². The smallest absolute Gasteiger partial charge is 0.225 e. The molecule has 4 N–H and O–H groups in total. The Morgan fingerprint density at radius 3 is 2.76 bits per heavy atom. The molecule has 5 nitrogen and oxygen atoms in total. The Bertz CT molecular complexity index is 466. The average Bonchev–Trinajstić information content (AvgIpc) is 2.87. The van der Waals surface area contributed by atoms with Gasteiger partial charge in [0, 0.05) is 24.2 Å². The molecule has 0 unspecified atom stereocenters. The Hall–Kier alpha value is -1.07. The molecule has 1 aromatic rings. The minimum absolute atomic E-state index is 0. The SMILES string of the molecule is CC(C)(C)Cc1cc(NC(=O)C[C@@H]2CCC[C@H]2N)n[nH]1.Cl. The van der Waals surface area contributed by atoms with E-state index in [1.807, 2.05) is 6.07 Å². The highest BCUT2D eigenvalue weighted by Crippen LogP contribution is 2.27. The Morgan fingerprint density at radius 1 is 1.48 bits per heavy atom. The van der Waals surface area contributed by atoms with E-state index in [0.29, 0.717) is 18.2 Å². The monoisotopic (exact) mass is 314 g/mol. The predicted molar refractivity (Wildman–Crippen MR) is 87.6 cm³/mol. The van der Waals surface area contributed by atoms with Crippen LogP contribution in [0, 0.1) is 11.3 Å². The van der Waals surface area contributed by atoms with Crippen LogP contribution in [-0.4, -0.2) is 22.1 Å². The normalized spacial score (nSPS) is 21.9. The third-order valence-corrected chi connectivity index (χ3v) is 3.78. The molecule has 0 spiro atoms. The summed E-state index contributed by atoms with van der Waals surface area (Å²) in [6, 6.07) is 2.09. The van der Waals surface area contributed by atoms with E-state index >= 15 is 0 Å². The number of aromatic nitrogens is 2. The maximum Gasteiger partial charge on any atom is 0.225 e. The fourth-order valence-corrected chi connectivity index (χ4v) is 2.84. The van der Waals surface area contributed by atoms with Crippen molar-refractivity contribution in [1.29, 1.82) is 0 Å². The first-order chi connectivity index (χ1) is 9.33. The quantitative estimate of drug-likeness (QED) is 0.799. The number of amides is 1. The molecule has 6 heteroatoms. The van der Waals surface area contributed by atoms with Crippen LogP contribution in [0.25, 0.3) is 0 Å². The van der Waals surface area contributed by atoms with Crippen molar-refractivity contribution in [1.82, 2.24) is 10.2 Å². The molecular formula is C15H27ClN4O. The summed E-state index contributed by atoms with van der Waals surface area (Å²) in [5, 5.41) is 9.99. The van der Waals surface area contributed by atoms with E-state index in [-0.39, 0.29) is 29.8 Å². The van der Waals surface area contributed by atoms with Crippen molar-refractivity contribution in [2.75, 3.05) is 5.32 Å². The van der Waals surface area contributed by atoms with Gasteiger partial charge in [0.05, 0.1) is 0 Å². The number of anilines is 1. The molecule has 1 aliphatic rings. The van der Waals surface area contributed by atoms with Crippen molar-refractivity contribution < 1.29 is 4.79 Å². The van der Waals surface area contributed by atoms with Gasteiger partial charge >= 0.3 is 0 Å². The van der Waals surface area contributed by atoms with E-state index < -0.39 is 0 Å². The largest absolute Gasteiger partial charge is 0.327 e. The van der Waals surface area contributed by atoms with Crippen molar-refractivity contribution in [3.05, 3.63) is 11.8 Å². The molecule has 21 heavy (non-hydrogen) atoms. The van der Waals surface area contributed by atoms with Crippen molar-refractivity contribution in [2.24, 2.45) is 17.1 Å². The van der Waals surface area contributed by atoms with Crippen LogP contribution in [0.3, 0.4) is 0 Å². The van der Waals surface area contributed by atoms with Crippen LogP contribution >= 0.6 is 12.4 Å². The lowest BCUT2D eigenvalue weighted by Crippen LogP contribution is -2.28. The van der Waals surface area contributed by atoms with Gasteiger partial charge in [-0.15, -0.1) is 12.4 Å². The van der Waals surface area contributed by atoms with Crippen LogP contribution in [0.2, 0.25) is 0 Å². The fourth-order valence-electron chi connectivity index (χ4n) is 2.84. The zero-order valence-electron chi connectivity index (χ0n) is 13.1. The molecule has 0 saturated heterocycles. The van der Waals surface area contributed by atoms with Gasteiger partial charge in [-0.2, -0.15) is 5.10 Å². The number of hydrogen-bond donors (Lipinski definition) is 3. The number of nitrogens with one attached hydrogen (secondary N) is 2. The van der Waals surface area contributed by atoms with Gasteiger partial charge < -0.3 is 11.1 Å². The Labute approximate surface area is 132 Å². The Balaban J connectivity index is 0.00000220. The van der Waals surface area contributed by atoms with Gasteiger partial charge in [0.2, 0.25) is 5.91 Å². The zero-order valence-corrected chi connectivity index (χ0v) is 13.9. The van der Waals surface area contributed by atoms with Crippen LogP contribution in [0.5, 0.6) is 0 Å². The van der Waals surface area contributed by atoms with Crippen LogP contribution < -0.4 is 11.1 Å². The van der Waals surface area contributed by atoms with Crippen LogP contribution in [0.1, 0.15) is 52.1 Å². The molecule has 2 atom stereocenters. The van der Waals surface area contributed by atoms with E-state index in [0.717, 1.165) is 31.4 Å². The molecule has 1 saturated carbocycles. The fraction of sp³-hybridized carbons (Fsp3) is 0.733. The second-order valence-corrected chi connectivity index (χ2v) is 7.12. The van der Waals surface area contributed by atoms with Gasteiger partial charge in [0.15, 0.2) is 5.82 Å². The minimum atomic E-state index is 0. The van der Waals surface area contributed by atoms with Gasteiger partial charge in [-0.3, -0.25) is 9.89 Å². The Morgan fingerprint density at radius 2 is 2.19 bits per heavy atom. The van der Waals surface area contributed by atoms with Gasteiger partial charge in [0.1, 0.15) is 0 Å². The van der Waals surface area contributed by atoms with E-state index in [4.69, 9.17) is 5.73 Å². The van der Waals surface area contributed by atoms with Crippen LogP contribution in [0.4, 0.5) is 5.82 Å². The lowest BCUT2D eigenvalue weighted by Gasteiger charge is -2.15. The van der Waals surface area contributed by atoms with E-state index in [2.05, 4.69) is 36.3 Å². The number of aromatic amines is 1. The van der Waals surface area contributed by atoms with Crippen molar-refractivity contribution in [3.63, 3.8) is 0 Å². The highest BCUT2D eigenvalue weighted by molar-refractivity contribution is 5.90. The molecule has 0 aliphatic heterocycles. The van der Waals surface area contributed by atoms with Crippen LogP contribution in [-0.2, 0) is 11.2 Å². The number of carbonyl (C=O) groups is 1. The molecule has 1 amide bonds. The molecule has 120 valence electrons. The summed E-state index contributed by atoms with van der Waals surface area (Å²) in [4.78, 5) is 12.0. The summed E-state index contributed by atoms with van der Waals surface area (Å²) < 4.78 is 0. The summed E-state index contributed by atoms with van der Waals surface area (Å²) in [6.07, 6.45) is 4.64. The number of H-pyrrole nitrogens is 1. The first kappa shape index (κ1) is 18.0. The van der Waals surface area contributed by atoms with E-state index in [1.54, 1.807) is 0 Å². The summed E-state index contributed by atoms with van der Waals surface area (Å²) in [5.41, 5.74) is 7.24. The molecule has 0 radical (unpaired) electrons. The second-order valence-electron chi connectivity index (χ2n) is 7.12. The molecule has 1 heterocycles. The van der Waals surface area contributed by atoms with Crippen molar-refractivity contribution in [2.45, 2.75) is 58.9 Å². The topological polar surface area (TPSA) is 83.8 Å². The number of hydrogen-bond acceptors (Lipinski definition) is 3. The number of halogens is 1. The molecular weight excluding hydrogens is 288 g/mol. The molecule has 1 aromatic heterocycles. The molecule has 0 aromatic carbocycles. The molecule has 2 rings (SSSR count). The summed E-state index contributed by atoms with van der Waals surface area (Å²) in [6.45, 7) is 6.52. The number of rotatable bonds is 4. The first-order valence-corrected chi connectivity index (χ1v) is 7.43. The van der Waals surface area contributed by atoms with Crippen molar-refractivity contribution >= 4 is 24.1 Å². The van der Waals surface area contributed by atoms with Gasteiger partial charge in [-0.05, 0) is 30.6 Å². The van der Waals surface area contributed by atoms with Crippen LogP contribution in [0.15, 0.2) is 6.07 Å². The number of nitrogens with two attached hydrogens (primary N) is 1. The van der Waals surface area contributed by atoms with E-state index in [1.165, 1.54) is 0 Å². The summed E-state index contributed by atoms with van der Waals surface area (Å²) >= 11 is 0. The van der Waals surface area contributed by atoms with E-state index in [9.17, 15) is 4.79 Å². The maximum absolute atomic E-state index is 12.0. The third kappa shape index (κ3) is 5.67. The lowest BCUT2D eigenvalue weighted by molar-refractivity contribution is -0.117. The summed E-state index contributed by atoms with van der Waals surface area (Å²) in [5.74, 6) is 0.949. The standard InChI is InChI=1S/C15H26N4O.ClH/c1-15(2,3)9-11-8-13(19-18-11)17-14(20)7-10-5-4-6-12(10)16;/h8,10,12H,4-7,9,16H2,1-3H3,(H2,17,18,19,20);1H/t10-,12+;/m0./s1. The molecule has 0 bridgehead atoms. The third-order valence-electron chi connectivity index (χ3n) is 3.78. The highest BCUT2D eigenvalue weighted by Gasteiger charge is 2.26. The molecule has 1 aliphatic carbocycles. The average molecular weight is 315 g/mol. The Kier molecular flexibility index (Phi) is 6.23. The first-order valence-electron chi connectivity index (χ1n) is 7.43. The number of nitrogens with zero attached hydrogens (tertiary/aromatic N) is 1. The van der Waals surface area contributed by atoms with Crippen molar-refractivity contribution in [3.8, 4) is 0 Å².